The maximum Gasteiger partial charge on any atom is 0.336 e. The van der Waals surface area contributed by atoms with Crippen LogP contribution in [0.3, 0.4) is 0 Å². The molecule has 1 amide bonds. The molecular formula is C20H21N3O5S. The summed E-state index contributed by atoms with van der Waals surface area (Å²) in [5, 5.41) is 13.1. The summed E-state index contributed by atoms with van der Waals surface area (Å²) in [6.45, 7) is 2.59. The molecule has 0 bridgehead atoms. The van der Waals surface area contributed by atoms with Gasteiger partial charge in [0.25, 0.3) is 0 Å². The van der Waals surface area contributed by atoms with Crippen molar-refractivity contribution < 1.29 is 18.7 Å². The fourth-order valence-corrected chi connectivity index (χ4v) is 4.24. The highest BCUT2D eigenvalue weighted by molar-refractivity contribution is 7.15. The van der Waals surface area contributed by atoms with Crippen molar-refractivity contribution in [2.75, 3.05) is 19.0 Å². The average Bonchev–Trinajstić information content (AvgIpc) is 3.37. The van der Waals surface area contributed by atoms with Crippen molar-refractivity contribution in [3.8, 4) is 5.75 Å². The molecule has 1 atom stereocenters. The number of aromatic nitrogens is 2. The Kier molecular flexibility index (Phi) is 5.59. The second kappa shape index (κ2) is 8.30. The van der Waals surface area contributed by atoms with Crippen LogP contribution in [-0.4, -0.2) is 29.8 Å². The van der Waals surface area contributed by atoms with Gasteiger partial charge in [0.1, 0.15) is 22.4 Å². The minimum Gasteiger partial charge on any atom is -0.496 e. The van der Waals surface area contributed by atoms with E-state index in [2.05, 4.69) is 15.5 Å². The van der Waals surface area contributed by atoms with Gasteiger partial charge in [-0.3, -0.25) is 4.79 Å². The minimum atomic E-state index is -0.399. The first-order valence-electron chi connectivity index (χ1n) is 9.39. The fraction of sp³-hybridized carbons (Fsp3) is 0.400. The summed E-state index contributed by atoms with van der Waals surface area (Å²) >= 11 is 1.35. The van der Waals surface area contributed by atoms with Gasteiger partial charge in [-0.05, 0) is 43.4 Å². The van der Waals surface area contributed by atoms with E-state index < -0.39 is 5.63 Å². The Balaban J connectivity index is 1.44. The first-order valence-corrected chi connectivity index (χ1v) is 10.2. The van der Waals surface area contributed by atoms with Crippen molar-refractivity contribution in [2.24, 2.45) is 0 Å². The van der Waals surface area contributed by atoms with Gasteiger partial charge >= 0.3 is 5.63 Å². The van der Waals surface area contributed by atoms with Gasteiger partial charge in [-0.15, -0.1) is 10.2 Å². The number of aryl methyl sites for hydroxylation is 2. The maximum atomic E-state index is 12.4. The van der Waals surface area contributed by atoms with Crippen LogP contribution in [0.25, 0.3) is 11.0 Å². The van der Waals surface area contributed by atoms with Crippen LogP contribution in [0.2, 0.25) is 0 Å². The number of benzene rings is 1. The van der Waals surface area contributed by atoms with Crippen molar-refractivity contribution in [3.05, 3.63) is 44.8 Å². The van der Waals surface area contributed by atoms with Gasteiger partial charge in [0, 0.05) is 30.5 Å². The molecule has 3 aromatic rings. The van der Waals surface area contributed by atoms with E-state index in [-0.39, 0.29) is 18.4 Å². The SMILES string of the molecule is COc1cc2oc(=O)cc(C)c2cc1CCC(=O)Nc1nnc(C2CCCO2)s1. The molecule has 1 saturated heterocycles. The van der Waals surface area contributed by atoms with Crippen molar-refractivity contribution in [3.63, 3.8) is 0 Å². The third kappa shape index (κ3) is 4.30. The number of rotatable bonds is 6. The molecule has 152 valence electrons. The van der Waals surface area contributed by atoms with Crippen LogP contribution in [0.1, 0.15) is 41.5 Å². The molecule has 1 aliphatic rings. The molecule has 0 radical (unpaired) electrons. The molecule has 3 heterocycles. The maximum absolute atomic E-state index is 12.4. The second-order valence-electron chi connectivity index (χ2n) is 6.90. The minimum absolute atomic E-state index is 0.0108. The molecule has 0 aliphatic carbocycles. The van der Waals surface area contributed by atoms with Crippen LogP contribution in [0.15, 0.2) is 27.4 Å². The topological polar surface area (TPSA) is 104 Å². The number of ether oxygens (including phenoxy) is 2. The Bertz CT molecular complexity index is 1100. The third-order valence-electron chi connectivity index (χ3n) is 4.87. The molecule has 1 aliphatic heterocycles. The Morgan fingerprint density at radius 2 is 2.21 bits per heavy atom. The molecule has 2 aromatic heterocycles. The van der Waals surface area contributed by atoms with E-state index >= 15 is 0 Å². The summed E-state index contributed by atoms with van der Waals surface area (Å²) in [5.41, 5.74) is 1.75. The smallest absolute Gasteiger partial charge is 0.336 e. The predicted molar refractivity (Wildman–Crippen MR) is 109 cm³/mol. The van der Waals surface area contributed by atoms with Gasteiger partial charge in [0.15, 0.2) is 0 Å². The lowest BCUT2D eigenvalue weighted by atomic mass is 10.0. The Morgan fingerprint density at radius 1 is 1.34 bits per heavy atom. The van der Waals surface area contributed by atoms with Gasteiger partial charge in [-0.2, -0.15) is 0 Å². The number of nitrogens with one attached hydrogen (secondary N) is 1. The van der Waals surface area contributed by atoms with E-state index in [1.54, 1.807) is 13.2 Å². The molecule has 9 heteroatoms. The van der Waals surface area contributed by atoms with Crippen molar-refractivity contribution in [1.82, 2.24) is 10.2 Å². The highest BCUT2D eigenvalue weighted by atomic mass is 32.1. The largest absolute Gasteiger partial charge is 0.496 e. The number of anilines is 1. The number of fused-ring (bicyclic) bond motifs is 1. The van der Waals surface area contributed by atoms with Crippen LogP contribution in [0, 0.1) is 6.92 Å². The molecule has 1 aromatic carbocycles. The highest BCUT2D eigenvalue weighted by Crippen LogP contribution is 2.32. The van der Waals surface area contributed by atoms with Crippen molar-refractivity contribution in [2.45, 2.75) is 38.7 Å². The number of carbonyl (C=O) groups is 1. The van der Waals surface area contributed by atoms with E-state index in [1.165, 1.54) is 17.4 Å². The van der Waals surface area contributed by atoms with Crippen LogP contribution < -0.4 is 15.7 Å². The van der Waals surface area contributed by atoms with Gasteiger partial charge in [-0.1, -0.05) is 11.3 Å². The molecular weight excluding hydrogens is 394 g/mol. The number of nitrogens with zero attached hydrogens (tertiary/aromatic N) is 2. The van der Waals surface area contributed by atoms with E-state index in [4.69, 9.17) is 13.9 Å². The summed E-state index contributed by atoms with van der Waals surface area (Å²) in [6, 6.07) is 5.04. The first-order chi connectivity index (χ1) is 14.0. The summed E-state index contributed by atoms with van der Waals surface area (Å²) in [4.78, 5) is 24.0. The molecule has 1 fully saturated rings. The second-order valence-corrected chi connectivity index (χ2v) is 7.91. The van der Waals surface area contributed by atoms with Gasteiger partial charge in [0.2, 0.25) is 11.0 Å². The van der Waals surface area contributed by atoms with E-state index in [9.17, 15) is 9.59 Å². The Morgan fingerprint density at radius 3 is 2.97 bits per heavy atom. The predicted octanol–water partition coefficient (Wildman–Crippen LogP) is 3.38. The van der Waals surface area contributed by atoms with Crippen LogP contribution >= 0.6 is 11.3 Å². The zero-order chi connectivity index (χ0) is 20.4. The molecule has 1 N–H and O–H groups in total. The number of carbonyl (C=O) groups excluding carboxylic acids is 1. The quantitative estimate of drug-likeness (QED) is 0.616. The summed E-state index contributed by atoms with van der Waals surface area (Å²) < 4.78 is 16.3. The molecule has 4 rings (SSSR count). The van der Waals surface area contributed by atoms with Crippen molar-refractivity contribution >= 4 is 33.3 Å². The number of amides is 1. The van der Waals surface area contributed by atoms with Gasteiger partial charge < -0.3 is 19.2 Å². The van der Waals surface area contributed by atoms with E-state index in [0.717, 1.165) is 41.0 Å². The van der Waals surface area contributed by atoms with Gasteiger partial charge in [0.05, 0.1) is 7.11 Å². The summed E-state index contributed by atoms with van der Waals surface area (Å²) in [7, 11) is 1.55. The van der Waals surface area contributed by atoms with Crippen LogP contribution in [0.5, 0.6) is 5.75 Å². The zero-order valence-electron chi connectivity index (χ0n) is 16.2. The average molecular weight is 415 g/mol. The normalized spacial score (nSPS) is 16.3. The molecule has 0 spiro atoms. The van der Waals surface area contributed by atoms with Crippen LogP contribution in [-0.2, 0) is 16.0 Å². The highest BCUT2D eigenvalue weighted by Gasteiger charge is 2.22. The number of hydrogen-bond donors (Lipinski definition) is 1. The molecule has 1 unspecified atom stereocenters. The molecule has 29 heavy (non-hydrogen) atoms. The van der Waals surface area contributed by atoms with Crippen LogP contribution in [0.4, 0.5) is 5.13 Å². The third-order valence-corrected chi connectivity index (χ3v) is 5.80. The molecule has 0 saturated carbocycles. The Hall–Kier alpha value is -2.78. The fourth-order valence-electron chi connectivity index (χ4n) is 3.39. The lowest BCUT2D eigenvalue weighted by Gasteiger charge is -2.10. The van der Waals surface area contributed by atoms with Gasteiger partial charge in [-0.25, -0.2) is 4.79 Å². The lowest BCUT2D eigenvalue weighted by molar-refractivity contribution is -0.116. The first kappa shape index (κ1) is 19.5. The molecule has 8 nitrogen and oxygen atoms in total. The zero-order valence-corrected chi connectivity index (χ0v) is 17.0. The Labute approximate surface area is 170 Å². The van der Waals surface area contributed by atoms with E-state index in [1.807, 2.05) is 13.0 Å². The monoisotopic (exact) mass is 415 g/mol. The summed E-state index contributed by atoms with van der Waals surface area (Å²) in [6.07, 6.45) is 2.67. The number of hydrogen-bond acceptors (Lipinski definition) is 8. The van der Waals surface area contributed by atoms with Crippen molar-refractivity contribution in [1.29, 1.82) is 0 Å². The lowest BCUT2D eigenvalue weighted by Crippen LogP contribution is -2.12. The standard InChI is InChI=1S/C20H21N3O5S/c1-11-8-18(25)28-16-10-15(26-2)12(9-13(11)16)5-6-17(24)21-20-23-22-19(29-20)14-4-3-7-27-14/h8-10,14H,3-7H2,1-2H3,(H,21,23,24). The van der Waals surface area contributed by atoms with E-state index in [0.29, 0.717) is 22.9 Å². The summed E-state index contributed by atoms with van der Waals surface area (Å²) in [5.74, 6) is 0.425. The number of methoxy groups -OCH3 is 1.